The third kappa shape index (κ3) is 7.42. The lowest BCUT2D eigenvalue weighted by Crippen LogP contribution is -2.49. The summed E-state index contributed by atoms with van der Waals surface area (Å²) in [6, 6.07) is 10.3. The van der Waals surface area contributed by atoms with Gasteiger partial charge < -0.3 is 5.32 Å². The molecule has 18 heteroatoms. The highest BCUT2D eigenvalue weighted by Gasteiger charge is 2.47. The first-order chi connectivity index (χ1) is 27.1. The summed E-state index contributed by atoms with van der Waals surface area (Å²) in [5, 5.41) is 10.3. The molecule has 5 aromatic rings. The molecule has 8 rings (SSSR count). The zero-order valence-electron chi connectivity index (χ0n) is 30.7. The van der Waals surface area contributed by atoms with Crippen LogP contribution in [0.4, 0.5) is 27.6 Å². The van der Waals surface area contributed by atoms with Crippen molar-refractivity contribution in [2.45, 2.75) is 75.0 Å². The van der Waals surface area contributed by atoms with Gasteiger partial charge >= 0.3 is 11.9 Å². The van der Waals surface area contributed by atoms with Crippen molar-refractivity contribution in [2.75, 3.05) is 25.0 Å². The Bertz CT molecular complexity index is 2470. The number of nitrogens with one attached hydrogen (secondary N) is 2. The number of imidazole rings is 1. The second-order valence-electron chi connectivity index (χ2n) is 15.3. The van der Waals surface area contributed by atoms with Crippen LogP contribution in [0, 0.1) is 5.92 Å². The zero-order chi connectivity index (χ0) is 40.4. The Morgan fingerprint density at radius 2 is 1.77 bits per heavy atom. The van der Waals surface area contributed by atoms with Crippen LogP contribution in [0.5, 0.6) is 0 Å². The second kappa shape index (κ2) is 14.7. The van der Waals surface area contributed by atoms with Crippen LogP contribution in [0.1, 0.15) is 84.7 Å². The average Bonchev–Trinajstić information content (AvgIpc) is 3.68. The van der Waals surface area contributed by atoms with Crippen LogP contribution in [-0.4, -0.2) is 72.1 Å². The van der Waals surface area contributed by atoms with Gasteiger partial charge in [0.1, 0.15) is 17.4 Å². The summed E-state index contributed by atoms with van der Waals surface area (Å²) in [6.45, 7) is 0.542. The SMILES string of the molecule is Cn1c(=O)n(C2CCC(=O)NC2=O)c2cccc(C3CCN(CC4CCC(n5cc6cc(NC(=O)c7cccc(C(F)(F)F)n7)c(Cl)cc6n5)CC4)CC3(F)F)c21. The molecule has 2 aromatic carbocycles. The van der Waals surface area contributed by atoms with Crippen molar-refractivity contribution in [3.05, 3.63) is 87.2 Å². The Kier molecular flexibility index (Phi) is 9.95. The molecule has 3 fully saturated rings. The summed E-state index contributed by atoms with van der Waals surface area (Å²) in [6.07, 6.45) is 0.667. The molecule has 2 aliphatic heterocycles. The molecule has 3 amide bonds. The Hall–Kier alpha value is -5.16. The number of likely N-dealkylation sites (tertiary alicyclic amines) is 1. The lowest BCUT2D eigenvalue weighted by molar-refractivity contribution is -0.141. The van der Waals surface area contributed by atoms with Crippen LogP contribution in [-0.2, 0) is 22.8 Å². The molecular formula is C39H38ClF5N8O4. The predicted molar refractivity (Wildman–Crippen MR) is 200 cm³/mol. The van der Waals surface area contributed by atoms with Crippen LogP contribution in [0.2, 0.25) is 5.02 Å². The standard InChI is InChI=1S/C39H38ClF5N8O4/c1-50-34-24(4-2-6-30(34)53(37(50)57)31-12-13-33(54)48-36(31)56)25-14-15-51(20-38(25,41)42)18-21-8-10-23(11-9-21)52-19-22-16-29(26(40)17-28(22)49-52)47-35(55)27-5-3-7-32(46-27)39(43,44)45/h2-7,16-17,19,21,23,25,31H,8-15,18,20H2,1H3,(H,47,55)(H,48,54,56). The number of nitrogens with zero attached hydrogens (tertiary/aromatic N) is 6. The molecule has 0 radical (unpaired) electrons. The first-order valence-corrected chi connectivity index (χ1v) is 19.1. The van der Waals surface area contributed by atoms with Crippen molar-refractivity contribution in [2.24, 2.45) is 13.0 Å². The number of anilines is 1. The molecule has 57 heavy (non-hydrogen) atoms. The summed E-state index contributed by atoms with van der Waals surface area (Å²) in [5.74, 6) is -5.87. The monoisotopic (exact) mass is 812 g/mol. The number of benzene rings is 2. The van der Waals surface area contributed by atoms with Gasteiger partial charge in [0.05, 0.1) is 45.8 Å². The molecule has 2 N–H and O–H groups in total. The van der Waals surface area contributed by atoms with E-state index < -0.39 is 65.4 Å². The Balaban J connectivity index is 0.900. The molecule has 0 spiro atoms. The summed E-state index contributed by atoms with van der Waals surface area (Å²) in [4.78, 5) is 55.8. The number of carbonyl (C=O) groups excluding carboxylic acids is 3. The van der Waals surface area contributed by atoms with Gasteiger partial charge in [0.15, 0.2) is 0 Å². The zero-order valence-corrected chi connectivity index (χ0v) is 31.4. The molecule has 5 heterocycles. The first-order valence-electron chi connectivity index (χ1n) is 18.7. The molecule has 1 aliphatic carbocycles. The van der Waals surface area contributed by atoms with Crippen LogP contribution in [0.3, 0.4) is 0 Å². The summed E-state index contributed by atoms with van der Waals surface area (Å²) < 4.78 is 76.1. The number of aryl methyl sites for hydroxylation is 1. The molecule has 3 aliphatic rings. The largest absolute Gasteiger partial charge is 0.433 e. The maximum Gasteiger partial charge on any atom is 0.433 e. The molecule has 2 unspecified atom stereocenters. The number of imide groups is 1. The van der Waals surface area contributed by atoms with Crippen molar-refractivity contribution < 1.29 is 36.3 Å². The molecule has 2 atom stereocenters. The minimum Gasteiger partial charge on any atom is -0.319 e. The molecule has 1 saturated carbocycles. The van der Waals surface area contributed by atoms with Crippen LogP contribution >= 0.6 is 11.6 Å². The fraction of sp³-hybridized carbons (Fsp3) is 0.436. The lowest BCUT2D eigenvalue weighted by atomic mass is 9.83. The third-order valence-corrected chi connectivity index (χ3v) is 11.9. The van der Waals surface area contributed by atoms with E-state index >= 15 is 8.78 Å². The normalized spacial score (nSPS) is 23.2. The maximum absolute atomic E-state index is 16.1. The van der Waals surface area contributed by atoms with E-state index in [2.05, 4.69) is 15.6 Å². The molecule has 3 aromatic heterocycles. The van der Waals surface area contributed by atoms with E-state index in [4.69, 9.17) is 16.7 Å². The third-order valence-electron chi connectivity index (χ3n) is 11.5. The van der Waals surface area contributed by atoms with Crippen LogP contribution < -0.4 is 16.3 Å². The van der Waals surface area contributed by atoms with E-state index in [0.29, 0.717) is 40.6 Å². The van der Waals surface area contributed by atoms with Gasteiger partial charge in [-0.25, -0.2) is 18.6 Å². The van der Waals surface area contributed by atoms with Gasteiger partial charge in [-0.3, -0.25) is 38.4 Å². The number of hydrogen-bond acceptors (Lipinski definition) is 7. The van der Waals surface area contributed by atoms with Gasteiger partial charge in [0.25, 0.3) is 11.8 Å². The Morgan fingerprint density at radius 1 is 1.02 bits per heavy atom. The van der Waals surface area contributed by atoms with E-state index in [1.807, 2.05) is 15.8 Å². The van der Waals surface area contributed by atoms with Crippen molar-refractivity contribution in [1.29, 1.82) is 0 Å². The van der Waals surface area contributed by atoms with Gasteiger partial charge in [0, 0.05) is 31.6 Å². The number of piperidine rings is 2. The summed E-state index contributed by atoms with van der Waals surface area (Å²) in [5.41, 5.74) is -0.211. The van der Waals surface area contributed by atoms with E-state index in [1.54, 1.807) is 30.3 Å². The molecule has 0 bridgehead atoms. The number of para-hydroxylation sites is 1. The lowest BCUT2D eigenvalue weighted by Gasteiger charge is -2.41. The van der Waals surface area contributed by atoms with E-state index in [1.165, 1.54) is 22.2 Å². The van der Waals surface area contributed by atoms with Gasteiger partial charge in [-0.2, -0.15) is 18.3 Å². The minimum absolute atomic E-state index is 0.0477. The number of amides is 3. The van der Waals surface area contributed by atoms with Crippen LogP contribution in [0.15, 0.2) is 59.5 Å². The number of halogens is 6. The maximum atomic E-state index is 16.1. The van der Waals surface area contributed by atoms with Gasteiger partial charge in [-0.15, -0.1) is 0 Å². The number of aromatic nitrogens is 5. The number of hydrogen-bond donors (Lipinski definition) is 2. The van der Waals surface area contributed by atoms with Crippen molar-refractivity contribution in [1.82, 2.24) is 34.1 Å². The number of pyridine rings is 1. The average molecular weight is 813 g/mol. The molecular weight excluding hydrogens is 775 g/mol. The van der Waals surface area contributed by atoms with E-state index in [9.17, 15) is 32.3 Å². The Morgan fingerprint density at radius 3 is 2.49 bits per heavy atom. The fourth-order valence-corrected chi connectivity index (χ4v) is 8.94. The number of carbonyl (C=O) groups is 3. The highest BCUT2D eigenvalue weighted by atomic mass is 35.5. The number of alkyl halides is 5. The summed E-state index contributed by atoms with van der Waals surface area (Å²) in [7, 11) is 1.52. The van der Waals surface area contributed by atoms with Crippen molar-refractivity contribution >= 4 is 56.9 Å². The minimum atomic E-state index is -4.70. The van der Waals surface area contributed by atoms with Gasteiger partial charge in [-0.05, 0) is 86.9 Å². The topological polar surface area (TPSA) is 136 Å². The quantitative estimate of drug-likeness (QED) is 0.136. The highest BCUT2D eigenvalue weighted by Crippen LogP contribution is 2.44. The first kappa shape index (κ1) is 38.7. The highest BCUT2D eigenvalue weighted by molar-refractivity contribution is 6.34. The number of fused-ring (bicyclic) bond motifs is 2. The summed E-state index contributed by atoms with van der Waals surface area (Å²) >= 11 is 6.43. The Labute approximate surface area is 327 Å². The van der Waals surface area contributed by atoms with Crippen LogP contribution in [0.25, 0.3) is 21.9 Å². The fourth-order valence-electron chi connectivity index (χ4n) is 8.74. The number of rotatable bonds is 7. The second-order valence-corrected chi connectivity index (χ2v) is 15.7. The van der Waals surface area contributed by atoms with Crippen molar-refractivity contribution in [3.8, 4) is 0 Å². The van der Waals surface area contributed by atoms with Gasteiger partial charge in [0.2, 0.25) is 11.8 Å². The van der Waals surface area contributed by atoms with E-state index in [-0.39, 0.29) is 41.9 Å². The van der Waals surface area contributed by atoms with Gasteiger partial charge in [-0.1, -0.05) is 29.8 Å². The molecule has 300 valence electrons. The van der Waals surface area contributed by atoms with E-state index in [0.717, 1.165) is 37.8 Å². The predicted octanol–water partition coefficient (Wildman–Crippen LogP) is 6.84. The molecule has 2 saturated heterocycles. The molecule has 12 nitrogen and oxygen atoms in total. The smallest absolute Gasteiger partial charge is 0.319 e. The van der Waals surface area contributed by atoms with Crippen molar-refractivity contribution in [3.63, 3.8) is 0 Å².